The van der Waals surface area contributed by atoms with Crippen LogP contribution >= 0.6 is 0 Å². The SMILES string of the molecule is O=C(NCc1ccccc1F)c1cnc(NC2CCCC2)nc1. The van der Waals surface area contributed by atoms with Crippen LogP contribution in [0.1, 0.15) is 41.6 Å². The van der Waals surface area contributed by atoms with E-state index in [1.54, 1.807) is 18.2 Å². The van der Waals surface area contributed by atoms with Crippen molar-refractivity contribution in [3.05, 3.63) is 53.6 Å². The van der Waals surface area contributed by atoms with Gasteiger partial charge in [0.25, 0.3) is 5.91 Å². The number of anilines is 1. The number of benzene rings is 1. The lowest BCUT2D eigenvalue weighted by molar-refractivity contribution is 0.0950. The third-order valence-electron chi connectivity index (χ3n) is 4.00. The van der Waals surface area contributed by atoms with Gasteiger partial charge in [-0.1, -0.05) is 31.0 Å². The average Bonchev–Trinajstić information content (AvgIpc) is 3.07. The van der Waals surface area contributed by atoms with Crippen LogP contribution in [0.15, 0.2) is 36.7 Å². The molecule has 0 unspecified atom stereocenters. The highest BCUT2D eigenvalue weighted by atomic mass is 19.1. The molecule has 1 aliphatic rings. The fraction of sp³-hybridized carbons (Fsp3) is 0.353. The first-order valence-electron chi connectivity index (χ1n) is 7.82. The Morgan fingerprint density at radius 1 is 1.17 bits per heavy atom. The second-order valence-electron chi connectivity index (χ2n) is 5.70. The highest BCUT2D eigenvalue weighted by Gasteiger charge is 2.16. The summed E-state index contributed by atoms with van der Waals surface area (Å²) in [7, 11) is 0. The van der Waals surface area contributed by atoms with Gasteiger partial charge in [0.15, 0.2) is 0 Å². The van der Waals surface area contributed by atoms with Crippen LogP contribution in [-0.4, -0.2) is 21.9 Å². The van der Waals surface area contributed by atoms with Crippen molar-refractivity contribution in [2.75, 3.05) is 5.32 Å². The first-order chi connectivity index (χ1) is 11.2. The minimum absolute atomic E-state index is 0.133. The lowest BCUT2D eigenvalue weighted by atomic mass is 10.2. The Morgan fingerprint density at radius 3 is 2.57 bits per heavy atom. The van der Waals surface area contributed by atoms with Crippen molar-refractivity contribution in [2.45, 2.75) is 38.3 Å². The van der Waals surface area contributed by atoms with Gasteiger partial charge in [-0.25, -0.2) is 14.4 Å². The molecule has 120 valence electrons. The fourth-order valence-electron chi connectivity index (χ4n) is 2.69. The molecule has 1 saturated carbocycles. The van der Waals surface area contributed by atoms with E-state index in [0.29, 0.717) is 23.1 Å². The Kier molecular flexibility index (Phi) is 4.80. The number of hydrogen-bond acceptors (Lipinski definition) is 4. The highest BCUT2D eigenvalue weighted by molar-refractivity contribution is 5.93. The van der Waals surface area contributed by atoms with Crippen LogP contribution < -0.4 is 10.6 Å². The van der Waals surface area contributed by atoms with E-state index in [0.717, 1.165) is 12.8 Å². The zero-order chi connectivity index (χ0) is 16.1. The number of nitrogens with one attached hydrogen (secondary N) is 2. The number of amides is 1. The first-order valence-corrected chi connectivity index (χ1v) is 7.82. The van der Waals surface area contributed by atoms with E-state index in [9.17, 15) is 9.18 Å². The summed E-state index contributed by atoms with van der Waals surface area (Å²) in [6.07, 6.45) is 7.70. The van der Waals surface area contributed by atoms with Gasteiger partial charge >= 0.3 is 0 Å². The largest absolute Gasteiger partial charge is 0.351 e. The van der Waals surface area contributed by atoms with Gasteiger partial charge in [0.2, 0.25) is 5.95 Å². The van der Waals surface area contributed by atoms with E-state index in [1.165, 1.54) is 31.3 Å². The van der Waals surface area contributed by atoms with E-state index in [-0.39, 0.29) is 18.3 Å². The average molecular weight is 314 g/mol. The Morgan fingerprint density at radius 2 is 1.87 bits per heavy atom. The molecule has 1 amide bonds. The fourth-order valence-corrected chi connectivity index (χ4v) is 2.69. The number of hydrogen-bond donors (Lipinski definition) is 2. The van der Waals surface area contributed by atoms with Gasteiger partial charge in [-0.05, 0) is 18.9 Å². The molecule has 1 fully saturated rings. The molecule has 1 aromatic carbocycles. The number of carbonyl (C=O) groups is 1. The Hall–Kier alpha value is -2.50. The number of rotatable bonds is 5. The molecular weight excluding hydrogens is 295 g/mol. The van der Waals surface area contributed by atoms with Crippen LogP contribution in [0.3, 0.4) is 0 Å². The van der Waals surface area contributed by atoms with Crippen molar-refractivity contribution in [1.29, 1.82) is 0 Å². The summed E-state index contributed by atoms with van der Waals surface area (Å²) in [5, 5.41) is 5.94. The zero-order valence-corrected chi connectivity index (χ0v) is 12.8. The molecule has 1 aliphatic carbocycles. The third-order valence-corrected chi connectivity index (χ3v) is 4.00. The summed E-state index contributed by atoms with van der Waals surface area (Å²) >= 11 is 0. The van der Waals surface area contributed by atoms with Crippen LogP contribution in [0.25, 0.3) is 0 Å². The summed E-state index contributed by atoms with van der Waals surface area (Å²) in [6.45, 7) is 0.133. The van der Waals surface area contributed by atoms with Crippen LogP contribution in [0, 0.1) is 5.82 Å². The summed E-state index contributed by atoms with van der Waals surface area (Å²) < 4.78 is 13.5. The molecule has 0 radical (unpaired) electrons. The quantitative estimate of drug-likeness (QED) is 0.890. The lowest BCUT2D eigenvalue weighted by Crippen LogP contribution is -2.24. The van der Waals surface area contributed by atoms with Crippen LogP contribution in [-0.2, 0) is 6.54 Å². The minimum Gasteiger partial charge on any atom is -0.351 e. The molecule has 0 saturated heterocycles. The van der Waals surface area contributed by atoms with Gasteiger partial charge in [0.05, 0.1) is 5.56 Å². The molecule has 5 nitrogen and oxygen atoms in total. The molecule has 2 N–H and O–H groups in total. The summed E-state index contributed by atoms with van der Waals surface area (Å²) in [6, 6.07) is 6.78. The van der Waals surface area contributed by atoms with Gasteiger partial charge in [-0.3, -0.25) is 4.79 Å². The lowest BCUT2D eigenvalue weighted by Gasteiger charge is -2.11. The van der Waals surface area contributed by atoms with Crippen molar-refractivity contribution in [2.24, 2.45) is 0 Å². The van der Waals surface area contributed by atoms with Crippen molar-refractivity contribution < 1.29 is 9.18 Å². The molecule has 3 rings (SSSR count). The van der Waals surface area contributed by atoms with Gasteiger partial charge in [0.1, 0.15) is 5.82 Å². The molecular formula is C17H19FN4O. The third kappa shape index (κ3) is 4.03. The summed E-state index contributed by atoms with van der Waals surface area (Å²) in [5.74, 6) is -0.108. The number of carbonyl (C=O) groups excluding carboxylic acids is 1. The van der Waals surface area contributed by atoms with E-state index in [1.807, 2.05) is 0 Å². The molecule has 23 heavy (non-hydrogen) atoms. The number of aromatic nitrogens is 2. The second kappa shape index (κ2) is 7.17. The van der Waals surface area contributed by atoms with Crippen molar-refractivity contribution in [3.8, 4) is 0 Å². The maximum absolute atomic E-state index is 13.5. The van der Waals surface area contributed by atoms with Crippen LogP contribution in [0.4, 0.5) is 10.3 Å². The second-order valence-corrected chi connectivity index (χ2v) is 5.70. The predicted octanol–water partition coefficient (Wildman–Crippen LogP) is 2.90. The summed E-state index contributed by atoms with van der Waals surface area (Å²) in [4.78, 5) is 20.4. The Labute approximate surface area is 134 Å². The van der Waals surface area contributed by atoms with Gasteiger partial charge in [0, 0.05) is 30.5 Å². The Bertz CT molecular complexity index is 669. The van der Waals surface area contributed by atoms with Crippen molar-refractivity contribution in [3.63, 3.8) is 0 Å². The predicted molar refractivity (Wildman–Crippen MR) is 85.5 cm³/mol. The molecule has 0 atom stereocenters. The van der Waals surface area contributed by atoms with Crippen LogP contribution in [0.2, 0.25) is 0 Å². The maximum atomic E-state index is 13.5. The smallest absolute Gasteiger partial charge is 0.254 e. The van der Waals surface area contributed by atoms with E-state index >= 15 is 0 Å². The molecule has 6 heteroatoms. The summed E-state index contributed by atoms with van der Waals surface area (Å²) in [5.41, 5.74) is 0.805. The molecule has 1 aromatic heterocycles. The van der Waals surface area contributed by atoms with Crippen molar-refractivity contribution >= 4 is 11.9 Å². The van der Waals surface area contributed by atoms with Gasteiger partial charge in [-0.15, -0.1) is 0 Å². The molecule has 1 heterocycles. The molecule has 2 aromatic rings. The van der Waals surface area contributed by atoms with Gasteiger partial charge < -0.3 is 10.6 Å². The number of halogens is 1. The standard InChI is InChI=1S/C17H19FN4O/c18-15-8-4-1-5-12(15)9-19-16(23)13-10-20-17(21-11-13)22-14-6-2-3-7-14/h1,4-5,8,10-11,14H,2-3,6-7,9H2,(H,19,23)(H,20,21,22). The highest BCUT2D eigenvalue weighted by Crippen LogP contribution is 2.20. The minimum atomic E-state index is -0.333. The van der Waals surface area contributed by atoms with Crippen molar-refractivity contribution in [1.82, 2.24) is 15.3 Å². The molecule has 0 spiro atoms. The normalized spacial score (nSPS) is 14.7. The van der Waals surface area contributed by atoms with Gasteiger partial charge in [-0.2, -0.15) is 0 Å². The first kappa shape index (κ1) is 15.4. The monoisotopic (exact) mass is 314 g/mol. The zero-order valence-electron chi connectivity index (χ0n) is 12.8. The maximum Gasteiger partial charge on any atom is 0.254 e. The van der Waals surface area contributed by atoms with E-state index in [2.05, 4.69) is 20.6 Å². The number of nitrogens with zero attached hydrogens (tertiary/aromatic N) is 2. The molecule has 0 aliphatic heterocycles. The Balaban J connectivity index is 1.56. The van der Waals surface area contributed by atoms with E-state index in [4.69, 9.17) is 0 Å². The topological polar surface area (TPSA) is 66.9 Å². The van der Waals surface area contributed by atoms with Crippen LogP contribution in [0.5, 0.6) is 0 Å². The van der Waals surface area contributed by atoms with E-state index < -0.39 is 0 Å². The molecule has 0 bridgehead atoms.